The lowest BCUT2D eigenvalue weighted by Gasteiger charge is -2.38. The molecule has 0 saturated carbocycles. The first kappa shape index (κ1) is 12.7. The number of likely N-dealkylation sites (N-methyl/N-ethyl adjacent to an activating group) is 1. The third kappa shape index (κ3) is 3.92. The van der Waals surface area contributed by atoms with Crippen molar-refractivity contribution in [3.63, 3.8) is 0 Å². The summed E-state index contributed by atoms with van der Waals surface area (Å²) in [5.41, 5.74) is -0.200. The van der Waals surface area contributed by atoms with E-state index in [9.17, 15) is 4.79 Å². The summed E-state index contributed by atoms with van der Waals surface area (Å²) >= 11 is 0. The number of likely N-dealkylation sites (tertiary alicyclic amines) is 1. The molecule has 1 aliphatic heterocycles. The van der Waals surface area contributed by atoms with Gasteiger partial charge in [0.05, 0.1) is 0 Å². The van der Waals surface area contributed by atoms with Gasteiger partial charge < -0.3 is 14.6 Å². The summed E-state index contributed by atoms with van der Waals surface area (Å²) in [6.07, 6.45) is 3.61. The van der Waals surface area contributed by atoms with E-state index >= 15 is 0 Å². The van der Waals surface area contributed by atoms with Gasteiger partial charge in [0.1, 0.15) is 6.29 Å². The van der Waals surface area contributed by atoms with Crippen LogP contribution in [0.5, 0.6) is 0 Å². The maximum Gasteiger partial charge on any atom is 0.126 e. The number of piperidine rings is 1. The molecule has 0 N–H and O–H groups in total. The first-order valence-corrected chi connectivity index (χ1v) is 5.80. The smallest absolute Gasteiger partial charge is 0.126 e. The van der Waals surface area contributed by atoms with Gasteiger partial charge in [-0.05, 0) is 33.5 Å². The topological polar surface area (TPSA) is 23.6 Å². The molecule has 0 aliphatic carbocycles. The van der Waals surface area contributed by atoms with Crippen molar-refractivity contribution in [3.05, 3.63) is 0 Å². The molecule has 0 spiro atoms. The van der Waals surface area contributed by atoms with Gasteiger partial charge in [-0.15, -0.1) is 0 Å². The quantitative estimate of drug-likeness (QED) is 0.655. The van der Waals surface area contributed by atoms with Crippen molar-refractivity contribution in [1.82, 2.24) is 9.80 Å². The van der Waals surface area contributed by atoms with Crippen molar-refractivity contribution >= 4 is 6.29 Å². The first-order chi connectivity index (χ1) is 6.94. The zero-order valence-electron chi connectivity index (χ0n) is 10.5. The predicted molar refractivity (Wildman–Crippen MR) is 63.0 cm³/mol. The second kappa shape index (κ2) is 5.08. The van der Waals surface area contributed by atoms with Gasteiger partial charge in [0.25, 0.3) is 0 Å². The van der Waals surface area contributed by atoms with Crippen LogP contribution < -0.4 is 0 Å². The lowest BCUT2D eigenvalue weighted by molar-refractivity contribution is -0.115. The largest absolute Gasteiger partial charge is 0.305 e. The minimum absolute atomic E-state index is 0.200. The van der Waals surface area contributed by atoms with Gasteiger partial charge >= 0.3 is 0 Å². The average Bonchev–Trinajstić information content (AvgIpc) is 2.17. The fourth-order valence-electron chi connectivity index (χ4n) is 2.21. The number of carbonyl (C=O) groups excluding carboxylic acids is 1. The van der Waals surface area contributed by atoms with Crippen molar-refractivity contribution in [2.24, 2.45) is 5.41 Å². The van der Waals surface area contributed by atoms with Gasteiger partial charge in [-0.2, -0.15) is 0 Å². The fraction of sp³-hybridized carbons (Fsp3) is 0.917. The molecule has 3 heteroatoms. The third-order valence-corrected chi connectivity index (χ3v) is 3.16. The van der Waals surface area contributed by atoms with Crippen molar-refractivity contribution in [3.8, 4) is 0 Å². The average molecular weight is 212 g/mol. The highest BCUT2D eigenvalue weighted by atomic mass is 16.1. The molecule has 0 aromatic heterocycles. The molecule has 1 unspecified atom stereocenters. The van der Waals surface area contributed by atoms with Crippen molar-refractivity contribution < 1.29 is 4.79 Å². The maximum absolute atomic E-state index is 10.9. The molecule has 0 amide bonds. The summed E-state index contributed by atoms with van der Waals surface area (Å²) < 4.78 is 0. The van der Waals surface area contributed by atoms with Crippen LogP contribution in [0.25, 0.3) is 0 Å². The fourth-order valence-corrected chi connectivity index (χ4v) is 2.21. The normalized spacial score (nSPS) is 24.5. The first-order valence-electron chi connectivity index (χ1n) is 5.80. The van der Waals surface area contributed by atoms with E-state index in [1.54, 1.807) is 0 Å². The Morgan fingerprint density at radius 1 is 1.47 bits per heavy atom. The number of aldehydes is 1. The maximum atomic E-state index is 10.9. The molecule has 1 rings (SSSR count). The molecule has 0 bridgehead atoms. The van der Waals surface area contributed by atoms with Crippen LogP contribution in [0.4, 0.5) is 0 Å². The molecule has 1 saturated heterocycles. The number of carbonyl (C=O) groups is 1. The van der Waals surface area contributed by atoms with E-state index in [1.807, 2.05) is 13.8 Å². The predicted octanol–water partition coefficient (Wildman–Crippen LogP) is 1.24. The van der Waals surface area contributed by atoms with Crippen LogP contribution >= 0.6 is 0 Å². The Balaban J connectivity index is 2.46. The van der Waals surface area contributed by atoms with Crippen molar-refractivity contribution in [1.29, 1.82) is 0 Å². The summed E-state index contributed by atoms with van der Waals surface area (Å²) in [7, 11) is 4.28. The van der Waals surface area contributed by atoms with Gasteiger partial charge in [0.15, 0.2) is 0 Å². The van der Waals surface area contributed by atoms with E-state index in [0.29, 0.717) is 6.04 Å². The van der Waals surface area contributed by atoms with Gasteiger partial charge in [0, 0.05) is 24.5 Å². The Morgan fingerprint density at radius 3 is 2.67 bits per heavy atom. The van der Waals surface area contributed by atoms with E-state index < -0.39 is 0 Å². The van der Waals surface area contributed by atoms with Gasteiger partial charge in [0.2, 0.25) is 0 Å². The van der Waals surface area contributed by atoms with E-state index in [4.69, 9.17) is 0 Å². The van der Waals surface area contributed by atoms with Crippen LogP contribution in [-0.2, 0) is 4.79 Å². The molecule has 0 radical (unpaired) electrons. The molecule has 3 nitrogen and oxygen atoms in total. The molecule has 1 aliphatic rings. The van der Waals surface area contributed by atoms with Gasteiger partial charge in [-0.1, -0.05) is 13.8 Å². The molecule has 88 valence electrons. The Kier molecular flexibility index (Phi) is 4.29. The van der Waals surface area contributed by atoms with E-state index in [2.05, 4.69) is 23.9 Å². The van der Waals surface area contributed by atoms with Crippen LogP contribution in [0.3, 0.4) is 0 Å². The molecule has 1 atom stereocenters. The number of nitrogens with zero attached hydrogens (tertiary/aromatic N) is 2. The second-order valence-electron chi connectivity index (χ2n) is 5.60. The minimum atomic E-state index is -0.200. The molecule has 0 aromatic rings. The lowest BCUT2D eigenvalue weighted by Crippen LogP contribution is -2.48. The molecule has 1 fully saturated rings. The van der Waals surface area contributed by atoms with Gasteiger partial charge in [-0.25, -0.2) is 0 Å². The molecule has 15 heavy (non-hydrogen) atoms. The van der Waals surface area contributed by atoms with E-state index in [1.165, 1.54) is 12.8 Å². The van der Waals surface area contributed by atoms with Crippen LogP contribution in [-0.4, -0.2) is 55.9 Å². The minimum Gasteiger partial charge on any atom is -0.305 e. The Morgan fingerprint density at radius 2 is 2.13 bits per heavy atom. The highest BCUT2D eigenvalue weighted by molar-refractivity contribution is 5.58. The molecular formula is C12H24N2O. The molecule has 1 heterocycles. The van der Waals surface area contributed by atoms with E-state index in [0.717, 1.165) is 25.9 Å². The zero-order chi connectivity index (χ0) is 11.5. The molecule has 0 aromatic carbocycles. The zero-order valence-corrected chi connectivity index (χ0v) is 10.5. The SMILES string of the molecule is CN(C)C1CCCN(CC(C)(C)C=O)C1. The van der Waals surface area contributed by atoms with Crippen molar-refractivity contribution in [2.75, 3.05) is 33.7 Å². The Hall–Kier alpha value is -0.410. The van der Waals surface area contributed by atoms with Crippen LogP contribution in [0.15, 0.2) is 0 Å². The highest BCUT2D eigenvalue weighted by Crippen LogP contribution is 2.19. The molecular weight excluding hydrogens is 188 g/mol. The Bertz CT molecular complexity index is 214. The summed E-state index contributed by atoms with van der Waals surface area (Å²) in [4.78, 5) is 15.6. The van der Waals surface area contributed by atoms with Crippen LogP contribution in [0.1, 0.15) is 26.7 Å². The van der Waals surface area contributed by atoms with Crippen LogP contribution in [0, 0.1) is 5.41 Å². The lowest BCUT2D eigenvalue weighted by atomic mass is 9.93. The highest BCUT2D eigenvalue weighted by Gasteiger charge is 2.26. The summed E-state index contributed by atoms with van der Waals surface area (Å²) in [5, 5.41) is 0. The summed E-state index contributed by atoms with van der Waals surface area (Å²) in [6.45, 7) is 7.16. The third-order valence-electron chi connectivity index (χ3n) is 3.16. The monoisotopic (exact) mass is 212 g/mol. The second-order valence-corrected chi connectivity index (χ2v) is 5.60. The van der Waals surface area contributed by atoms with Gasteiger partial charge in [-0.3, -0.25) is 0 Å². The van der Waals surface area contributed by atoms with Crippen molar-refractivity contribution in [2.45, 2.75) is 32.7 Å². The summed E-state index contributed by atoms with van der Waals surface area (Å²) in [6, 6.07) is 0.654. The number of rotatable bonds is 4. The van der Waals surface area contributed by atoms with Crippen LogP contribution in [0.2, 0.25) is 0 Å². The van der Waals surface area contributed by atoms with E-state index in [-0.39, 0.29) is 5.41 Å². The Labute approximate surface area is 93.4 Å². The standard InChI is InChI=1S/C12H24N2O/c1-12(2,10-15)9-14-7-5-6-11(8-14)13(3)4/h10-11H,5-9H2,1-4H3. The number of hydrogen-bond acceptors (Lipinski definition) is 3. The number of hydrogen-bond donors (Lipinski definition) is 0. The summed E-state index contributed by atoms with van der Waals surface area (Å²) in [5.74, 6) is 0.